The average Bonchev–Trinajstić information content (AvgIpc) is 2.86. The predicted octanol–water partition coefficient (Wildman–Crippen LogP) is 1.62. The fraction of sp³-hybridized carbons (Fsp3) is 0.429. The molecule has 0 atom stereocenters. The summed E-state index contributed by atoms with van der Waals surface area (Å²) in [6.07, 6.45) is 3.17. The van der Waals surface area contributed by atoms with E-state index >= 15 is 0 Å². The summed E-state index contributed by atoms with van der Waals surface area (Å²) >= 11 is 0. The summed E-state index contributed by atoms with van der Waals surface area (Å²) in [6, 6.07) is 8.72. The van der Waals surface area contributed by atoms with E-state index in [1.54, 1.807) is 0 Å². The minimum absolute atomic E-state index is 1.13. The van der Waals surface area contributed by atoms with Gasteiger partial charge < -0.3 is 15.2 Å². The summed E-state index contributed by atoms with van der Waals surface area (Å²) in [5, 5.41) is 4.77. The van der Waals surface area contributed by atoms with E-state index in [0.29, 0.717) is 0 Å². The molecule has 0 amide bonds. The molecule has 1 aliphatic rings. The van der Waals surface area contributed by atoms with E-state index in [4.69, 9.17) is 0 Å². The zero-order valence-electron chi connectivity index (χ0n) is 10.1. The maximum atomic E-state index is 3.39. The quantitative estimate of drug-likeness (QED) is 0.838. The first-order valence-electron chi connectivity index (χ1n) is 6.41. The molecule has 1 aromatic heterocycles. The summed E-state index contributed by atoms with van der Waals surface area (Å²) in [4.78, 5) is 5.82. The van der Waals surface area contributed by atoms with Gasteiger partial charge in [0.15, 0.2) is 0 Å². The molecule has 0 aliphatic carbocycles. The van der Waals surface area contributed by atoms with Crippen LogP contribution in [-0.2, 0) is 6.42 Å². The lowest BCUT2D eigenvalue weighted by Crippen LogP contribution is -2.44. The number of piperazine rings is 1. The highest BCUT2D eigenvalue weighted by molar-refractivity contribution is 5.82. The number of aromatic amines is 1. The highest BCUT2D eigenvalue weighted by Gasteiger charge is 2.09. The molecule has 1 aromatic carbocycles. The summed E-state index contributed by atoms with van der Waals surface area (Å²) in [5.74, 6) is 0. The van der Waals surface area contributed by atoms with Crippen LogP contribution in [0.2, 0.25) is 0 Å². The number of H-pyrrole nitrogens is 1. The van der Waals surface area contributed by atoms with Crippen LogP contribution in [0.5, 0.6) is 0 Å². The molecule has 3 rings (SSSR count). The largest absolute Gasteiger partial charge is 0.361 e. The van der Waals surface area contributed by atoms with Crippen molar-refractivity contribution in [3.63, 3.8) is 0 Å². The fourth-order valence-corrected chi connectivity index (χ4v) is 2.58. The number of rotatable bonds is 3. The molecule has 0 saturated carbocycles. The SMILES string of the molecule is c1cc(CCN2CCNCC2)c2cc[nH]c2c1. The zero-order chi connectivity index (χ0) is 11.5. The second kappa shape index (κ2) is 4.90. The number of hydrogen-bond donors (Lipinski definition) is 2. The molecule has 1 aliphatic heterocycles. The van der Waals surface area contributed by atoms with E-state index in [1.807, 2.05) is 6.20 Å². The van der Waals surface area contributed by atoms with Crippen molar-refractivity contribution >= 4 is 10.9 Å². The van der Waals surface area contributed by atoms with E-state index < -0.39 is 0 Å². The molecule has 3 heteroatoms. The lowest BCUT2D eigenvalue weighted by atomic mass is 10.1. The van der Waals surface area contributed by atoms with Crippen molar-refractivity contribution < 1.29 is 0 Å². The number of hydrogen-bond acceptors (Lipinski definition) is 2. The molecule has 2 aromatic rings. The molecule has 2 heterocycles. The van der Waals surface area contributed by atoms with Crippen molar-refractivity contribution in [3.05, 3.63) is 36.0 Å². The maximum Gasteiger partial charge on any atom is 0.0456 e. The Labute approximate surface area is 102 Å². The number of nitrogens with one attached hydrogen (secondary N) is 2. The van der Waals surface area contributed by atoms with E-state index in [-0.39, 0.29) is 0 Å². The second-order valence-electron chi connectivity index (χ2n) is 4.70. The number of aromatic nitrogens is 1. The minimum Gasteiger partial charge on any atom is -0.361 e. The van der Waals surface area contributed by atoms with E-state index in [9.17, 15) is 0 Å². The van der Waals surface area contributed by atoms with Crippen LogP contribution in [0.15, 0.2) is 30.5 Å². The van der Waals surface area contributed by atoms with Gasteiger partial charge in [-0.1, -0.05) is 12.1 Å². The van der Waals surface area contributed by atoms with Crippen molar-refractivity contribution in [3.8, 4) is 0 Å². The molecule has 0 spiro atoms. The van der Waals surface area contributed by atoms with Crippen LogP contribution < -0.4 is 5.32 Å². The Kier molecular flexibility index (Phi) is 3.12. The average molecular weight is 229 g/mol. The van der Waals surface area contributed by atoms with Gasteiger partial charge in [0, 0.05) is 49.8 Å². The van der Waals surface area contributed by atoms with Gasteiger partial charge in [-0.2, -0.15) is 0 Å². The summed E-state index contributed by atoms with van der Waals surface area (Å²) in [5.41, 5.74) is 2.71. The van der Waals surface area contributed by atoms with Gasteiger partial charge in [-0.3, -0.25) is 0 Å². The zero-order valence-corrected chi connectivity index (χ0v) is 10.1. The third-order valence-corrected chi connectivity index (χ3v) is 3.59. The standard InChI is InChI=1S/C14H19N3/c1-2-12(13-4-6-16-14(13)3-1)5-9-17-10-7-15-8-11-17/h1-4,6,15-16H,5,7-11H2. The van der Waals surface area contributed by atoms with Crippen LogP contribution in [0, 0.1) is 0 Å². The van der Waals surface area contributed by atoms with Crippen molar-refractivity contribution in [2.75, 3.05) is 32.7 Å². The Morgan fingerprint density at radius 1 is 1.12 bits per heavy atom. The highest BCUT2D eigenvalue weighted by atomic mass is 15.2. The molecule has 3 nitrogen and oxygen atoms in total. The molecule has 2 N–H and O–H groups in total. The highest BCUT2D eigenvalue weighted by Crippen LogP contribution is 2.18. The van der Waals surface area contributed by atoms with Gasteiger partial charge in [0.05, 0.1) is 0 Å². The Morgan fingerprint density at radius 3 is 2.88 bits per heavy atom. The van der Waals surface area contributed by atoms with Crippen molar-refractivity contribution in [2.24, 2.45) is 0 Å². The first-order valence-corrected chi connectivity index (χ1v) is 6.41. The summed E-state index contributed by atoms with van der Waals surface area (Å²) in [7, 11) is 0. The minimum atomic E-state index is 1.13. The summed E-state index contributed by atoms with van der Waals surface area (Å²) < 4.78 is 0. The molecular weight excluding hydrogens is 210 g/mol. The molecule has 17 heavy (non-hydrogen) atoms. The lowest BCUT2D eigenvalue weighted by molar-refractivity contribution is 0.244. The first-order chi connectivity index (χ1) is 8.43. The molecule has 1 saturated heterocycles. The molecule has 90 valence electrons. The Bertz CT molecular complexity index is 483. The normalized spacial score (nSPS) is 17.6. The van der Waals surface area contributed by atoms with Gasteiger partial charge in [0.1, 0.15) is 0 Å². The molecule has 0 unspecified atom stereocenters. The van der Waals surface area contributed by atoms with Gasteiger partial charge in [-0.25, -0.2) is 0 Å². The Balaban J connectivity index is 1.69. The smallest absolute Gasteiger partial charge is 0.0456 e. The number of nitrogens with zero attached hydrogens (tertiary/aromatic N) is 1. The van der Waals surface area contributed by atoms with Gasteiger partial charge in [-0.05, 0) is 24.1 Å². The van der Waals surface area contributed by atoms with Gasteiger partial charge >= 0.3 is 0 Å². The van der Waals surface area contributed by atoms with Crippen molar-refractivity contribution in [1.82, 2.24) is 15.2 Å². The Hall–Kier alpha value is -1.32. The first kappa shape index (κ1) is 10.8. The van der Waals surface area contributed by atoms with Crippen LogP contribution in [0.25, 0.3) is 10.9 Å². The van der Waals surface area contributed by atoms with Crippen LogP contribution in [0.4, 0.5) is 0 Å². The molecule has 0 radical (unpaired) electrons. The van der Waals surface area contributed by atoms with Crippen LogP contribution in [-0.4, -0.2) is 42.6 Å². The Morgan fingerprint density at radius 2 is 2.00 bits per heavy atom. The van der Waals surface area contributed by atoms with Gasteiger partial charge in [0.2, 0.25) is 0 Å². The molecule has 1 fully saturated rings. The number of fused-ring (bicyclic) bond motifs is 1. The van der Waals surface area contributed by atoms with E-state index in [1.165, 1.54) is 36.1 Å². The molecule has 0 bridgehead atoms. The van der Waals surface area contributed by atoms with E-state index in [0.717, 1.165) is 19.5 Å². The van der Waals surface area contributed by atoms with Crippen LogP contribution >= 0.6 is 0 Å². The fourth-order valence-electron chi connectivity index (χ4n) is 2.58. The third-order valence-electron chi connectivity index (χ3n) is 3.59. The van der Waals surface area contributed by atoms with Gasteiger partial charge in [-0.15, -0.1) is 0 Å². The predicted molar refractivity (Wildman–Crippen MR) is 71.3 cm³/mol. The second-order valence-corrected chi connectivity index (χ2v) is 4.70. The number of benzene rings is 1. The monoisotopic (exact) mass is 229 g/mol. The van der Waals surface area contributed by atoms with Crippen LogP contribution in [0.1, 0.15) is 5.56 Å². The lowest BCUT2D eigenvalue weighted by Gasteiger charge is -2.27. The van der Waals surface area contributed by atoms with E-state index in [2.05, 4.69) is 39.5 Å². The topological polar surface area (TPSA) is 31.1 Å². The third kappa shape index (κ3) is 2.35. The van der Waals surface area contributed by atoms with Crippen molar-refractivity contribution in [1.29, 1.82) is 0 Å². The van der Waals surface area contributed by atoms with Crippen molar-refractivity contribution in [2.45, 2.75) is 6.42 Å². The maximum absolute atomic E-state index is 3.39. The summed E-state index contributed by atoms with van der Waals surface area (Å²) in [6.45, 7) is 5.81. The molecular formula is C14H19N3. The van der Waals surface area contributed by atoms with Gasteiger partial charge in [0.25, 0.3) is 0 Å². The van der Waals surface area contributed by atoms with Crippen LogP contribution in [0.3, 0.4) is 0 Å².